The van der Waals surface area contributed by atoms with Crippen LogP contribution in [0.15, 0.2) is 34.9 Å². The van der Waals surface area contributed by atoms with Gasteiger partial charge in [0, 0.05) is 35.5 Å². The lowest BCUT2D eigenvalue weighted by atomic mass is 9.69. The maximum Gasteiger partial charge on any atom is 0.335 e. The van der Waals surface area contributed by atoms with E-state index in [-0.39, 0.29) is 23.2 Å². The van der Waals surface area contributed by atoms with Gasteiger partial charge in [0.05, 0.1) is 33.0 Å². The summed E-state index contributed by atoms with van der Waals surface area (Å²) in [6, 6.07) is 8.14. The number of anilines is 1. The number of ether oxygens (including phenoxy) is 1. The topological polar surface area (TPSA) is 88.7 Å². The number of thiazole rings is 1. The molecule has 1 saturated heterocycles. The zero-order valence-electron chi connectivity index (χ0n) is 19.3. The van der Waals surface area contributed by atoms with E-state index in [1.165, 1.54) is 17.4 Å². The van der Waals surface area contributed by atoms with E-state index in [0.29, 0.717) is 49.6 Å². The molecule has 1 aliphatic heterocycles. The molecule has 3 atom stereocenters. The standard InChI is InChI=1S/C26H20Cl2FN3O4S/c27-15-2-1-3-16(28)21(15)22-14(24(36-31-22)11-4-5-11)10-35-19-8-18-13(19)9-32(18)26-30-23-17(29)6-12(25(33)34)7-20(23)37-26/h1-3,6-7,11,13,18-19H,4-5,8-10H2,(H,33,34)/t13-,18?,19+/m0/s1. The summed E-state index contributed by atoms with van der Waals surface area (Å²) in [5.41, 5.74) is 2.35. The number of carboxylic acid groups (broad SMARTS) is 1. The van der Waals surface area contributed by atoms with Gasteiger partial charge in [0.1, 0.15) is 17.0 Å². The summed E-state index contributed by atoms with van der Waals surface area (Å²) < 4.78 is 27.0. The molecule has 190 valence electrons. The predicted octanol–water partition coefficient (Wildman–Crippen LogP) is 6.77. The second kappa shape index (κ2) is 8.66. The van der Waals surface area contributed by atoms with Crippen LogP contribution in [0.2, 0.25) is 10.0 Å². The zero-order chi connectivity index (χ0) is 25.4. The van der Waals surface area contributed by atoms with Crippen molar-refractivity contribution in [1.29, 1.82) is 0 Å². The molecule has 2 aliphatic carbocycles. The molecule has 1 N–H and O–H groups in total. The Morgan fingerprint density at radius 1 is 1.27 bits per heavy atom. The molecule has 0 radical (unpaired) electrons. The SMILES string of the molecule is O=C(O)c1cc(F)c2nc(N3C[C@H]4C3C[C@H]4OCc3c(-c4c(Cl)cccc4Cl)noc3C3CC3)sc2c1. The Bertz CT molecular complexity index is 1550. The van der Waals surface area contributed by atoms with Gasteiger partial charge >= 0.3 is 5.97 Å². The molecule has 2 aromatic heterocycles. The number of halogens is 3. The van der Waals surface area contributed by atoms with Crippen molar-refractivity contribution >= 4 is 55.9 Å². The molecule has 0 bridgehead atoms. The van der Waals surface area contributed by atoms with Gasteiger partial charge in [-0.05, 0) is 43.5 Å². The van der Waals surface area contributed by atoms with Crippen LogP contribution in [0.4, 0.5) is 9.52 Å². The number of rotatable bonds is 7. The van der Waals surface area contributed by atoms with E-state index < -0.39 is 11.8 Å². The fourth-order valence-electron chi connectivity index (χ4n) is 5.34. The summed E-state index contributed by atoms with van der Waals surface area (Å²) in [5, 5.41) is 15.3. The van der Waals surface area contributed by atoms with Gasteiger partial charge in [0.15, 0.2) is 10.9 Å². The second-order valence-electron chi connectivity index (χ2n) is 9.82. The van der Waals surface area contributed by atoms with Gasteiger partial charge in [-0.1, -0.05) is 45.8 Å². The smallest absolute Gasteiger partial charge is 0.335 e. The summed E-state index contributed by atoms with van der Waals surface area (Å²) in [4.78, 5) is 17.9. The minimum absolute atomic E-state index is 0.0736. The number of aromatic carboxylic acids is 1. The average Bonchev–Trinajstić information content (AvgIpc) is 3.47. The molecular formula is C26H20Cl2FN3O4S. The normalized spacial score (nSPS) is 22.6. The first-order valence-corrected chi connectivity index (χ1v) is 13.6. The van der Waals surface area contributed by atoms with Gasteiger partial charge in [-0.2, -0.15) is 0 Å². The lowest BCUT2D eigenvalue weighted by Crippen LogP contribution is -2.69. The van der Waals surface area contributed by atoms with Crippen LogP contribution in [0.1, 0.15) is 46.9 Å². The Morgan fingerprint density at radius 2 is 2.05 bits per heavy atom. The molecule has 3 heterocycles. The highest BCUT2D eigenvalue weighted by Gasteiger charge is 2.54. The molecule has 7 rings (SSSR count). The molecule has 7 nitrogen and oxygen atoms in total. The van der Waals surface area contributed by atoms with Crippen molar-refractivity contribution in [1.82, 2.24) is 10.1 Å². The molecule has 11 heteroatoms. The van der Waals surface area contributed by atoms with Crippen LogP contribution >= 0.6 is 34.5 Å². The van der Waals surface area contributed by atoms with E-state index in [1.807, 2.05) is 0 Å². The van der Waals surface area contributed by atoms with E-state index in [1.54, 1.807) is 18.2 Å². The van der Waals surface area contributed by atoms with E-state index in [0.717, 1.165) is 43.2 Å². The first-order chi connectivity index (χ1) is 17.9. The Hall–Kier alpha value is -2.72. The van der Waals surface area contributed by atoms with Crippen LogP contribution < -0.4 is 4.90 Å². The van der Waals surface area contributed by atoms with Gasteiger partial charge < -0.3 is 19.3 Å². The van der Waals surface area contributed by atoms with E-state index in [2.05, 4.69) is 15.0 Å². The summed E-state index contributed by atoms with van der Waals surface area (Å²) >= 11 is 14.2. The largest absolute Gasteiger partial charge is 0.478 e. The van der Waals surface area contributed by atoms with Crippen molar-refractivity contribution < 1.29 is 23.6 Å². The molecule has 4 aromatic rings. The van der Waals surface area contributed by atoms with Gasteiger partial charge in [0.2, 0.25) is 0 Å². The Labute approximate surface area is 224 Å². The van der Waals surface area contributed by atoms with Crippen LogP contribution in [-0.2, 0) is 11.3 Å². The maximum atomic E-state index is 14.4. The average molecular weight is 560 g/mol. The fourth-order valence-corrected chi connectivity index (χ4v) is 7.00. The van der Waals surface area contributed by atoms with Crippen molar-refractivity contribution in [3.63, 3.8) is 0 Å². The zero-order valence-corrected chi connectivity index (χ0v) is 21.6. The monoisotopic (exact) mass is 559 g/mol. The van der Waals surface area contributed by atoms with E-state index >= 15 is 0 Å². The Balaban J connectivity index is 1.06. The molecule has 2 saturated carbocycles. The van der Waals surface area contributed by atoms with Crippen molar-refractivity contribution in [3.05, 3.63) is 63.1 Å². The number of piperidine rings is 1. The van der Waals surface area contributed by atoms with Crippen LogP contribution in [0.25, 0.3) is 21.5 Å². The number of carboxylic acids is 1. The Kier molecular flexibility index (Phi) is 5.48. The number of nitrogens with zero attached hydrogens (tertiary/aromatic N) is 3. The maximum absolute atomic E-state index is 14.4. The van der Waals surface area contributed by atoms with E-state index in [4.69, 9.17) is 32.5 Å². The highest BCUT2D eigenvalue weighted by Crippen LogP contribution is 2.50. The van der Waals surface area contributed by atoms with Crippen LogP contribution in [-0.4, -0.2) is 39.9 Å². The van der Waals surface area contributed by atoms with Gasteiger partial charge in [0.25, 0.3) is 0 Å². The predicted molar refractivity (Wildman–Crippen MR) is 138 cm³/mol. The van der Waals surface area contributed by atoms with E-state index in [9.17, 15) is 14.3 Å². The number of hydrogen-bond acceptors (Lipinski definition) is 7. The lowest BCUT2D eigenvalue weighted by molar-refractivity contribution is -0.0952. The van der Waals surface area contributed by atoms with Crippen LogP contribution in [0.5, 0.6) is 0 Å². The molecule has 0 spiro atoms. The highest BCUT2D eigenvalue weighted by atomic mass is 35.5. The van der Waals surface area contributed by atoms with Crippen molar-refractivity contribution in [2.45, 2.75) is 43.9 Å². The molecule has 1 unspecified atom stereocenters. The van der Waals surface area contributed by atoms with Crippen LogP contribution in [0.3, 0.4) is 0 Å². The van der Waals surface area contributed by atoms with Gasteiger partial charge in [-0.25, -0.2) is 14.2 Å². The fraction of sp³-hybridized carbons (Fsp3) is 0.346. The highest BCUT2D eigenvalue weighted by molar-refractivity contribution is 7.22. The molecule has 37 heavy (non-hydrogen) atoms. The minimum atomic E-state index is -1.16. The first-order valence-electron chi connectivity index (χ1n) is 12.0. The third kappa shape index (κ3) is 3.82. The summed E-state index contributed by atoms with van der Waals surface area (Å²) in [7, 11) is 0. The van der Waals surface area contributed by atoms with Crippen molar-refractivity contribution in [2.75, 3.05) is 11.4 Å². The third-order valence-corrected chi connectivity index (χ3v) is 9.26. The number of fused-ring (bicyclic) bond motifs is 2. The van der Waals surface area contributed by atoms with Crippen molar-refractivity contribution in [3.8, 4) is 11.3 Å². The summed E-state index contributed by atoms with van der Waals surface area (Å²) in [6.45, 7) is 1.12. The Morgan fingerprint density at radius 3 is 2.73 bits per heavy atom. The number of hydrogen-bond donors (Lipinski definition) is 1. The second-order valence-corrected chi connectivity index (χ2v) is 11.6. The lowest BCUT2D eigenvalue weighted by Gasteiger charge is -2.59. The van der Waals surface area contributed by atoms with Gasteiger partial charge in [-0.15, -0.1) is 0 Å². The molecular weight excluding hydrogens is 540 g/mol. The molecule has 2 aromatic carbocycles. The number of carbonyl (C=O) groups is 1. The molecule has 0 amide bonds. The quantitative estimate of drug-likeness (QED) is 0.267. The van der Waals surface area contributed by atoms with Gasteiger partial charge in [-0.3, -0.25) is 0 Å². The van der Waals surface area contributed by atoms with Crippen molar-refractivity contribution in [2.24, 2.45) is 5.92 Å². The minimum Gasteiger partial charge on any atom is -0.478 e. The third-order valence-electron chi connectivity index (χ3n) is 7.59. The summed E-state index contributed by atoms with van der Waals surface area (Å²) in [5.74, 6) is -0.205. The number of benzene rings is 2. The molecule has 3 aliphatic rings. The molecule has 3 fully saturated rings. The number of aromatic nitrogens is 2. The first kappa shape index (κ1) is 23.4. The van der Waals surface area contributed by atoms with Crippen LogP contribution in [0, 0.1) is 11.7 Å². The summed E-state index contributed by atoms with van der Waals surface area (Å²) in [6.07, 6.45) is 3.05.